The van der Waals surface area contributed by atoms with E-state index in [9.17, 15) is 0 Å². The van der Waals surface area contributed by atoms with Gasteiger partial charge in [-0.2, -0.15) is 0 Å². The molecule has 0 aliphatic heterocycles. The summed E-state index contributed by atoms with van der Waals surface area (Å²) in [5.74, 6) is 0. The highest BCUT2D eigenvalue weighted by Gasteiger charge is 2.05. The summed E-state index contributed by atoms with van der Waals surface area (Å²) in [6, 6.07) is 6.35. The highest BCUT2D eigenvalue weighted by molar-refractivity contribution is 5.76. The SMILES string of the molecule is CC(N)CCCN(C)c1ccc2ncoc2c1. The smallest absolute Gasteiger partial charge is 0.181 e. The van der Waals surface area contributed by atoms with Gasteiger partial charge in [-0.25, -0.2) is 4.98 Å². The van der Waals surface area contributed by atoms with Crippen molar-refractivity contribution in [3.8, 4) is 0 Å². The number of hydrogen-bond donors (Lipinski definition) is 1. The van der Waals surface area contributed by atoms with Crippen molar-refractivity contribution in [3.05, 3.63) is 24.6 Å². The molecule has 0 spiro atoms. The molecule has 0 saturated carbocycles. The molecule has 92 valence electrons. The third-order valence-corrected chi connectivity index (χ3v) is 2.91. The molecule has 0 aliphatic carbocycles. The summed E-state index contributed by atoms with van der Waals surface area (Å²) in [4.78, 5) is 6.32. The van der Waals surface area contributed by atoms with E-state index >= 15 is 0 Å². The molecule has 1 unspecified atom stereocenters. The molecule has 1 atom stereocenters. The third-order valence-electron chi connectivity index (χ3n) is 2.91. The Morgan fingerprint density at radius 1 is 1.47 bits per heavy atom. The molecule has 1 aromatic heterocycles. The lowest BCUT2D eigenvalue weighted by Gasteiger charge is -2.19. The van der Waals surface area contributed by atoms with Crippen molar-refractivity contribution in [3.63, 3.8) is 0 Å². The fourth-order valence-corrected chi connectivity index (χ4v) is 1.86. The quantitative estimate of drug-likeness (QED) is 0.861. The summed E-state index contributed by atoms with van der Waals surface area (Å²) >= 11 is 0. The Morgan fingerprint density at radius 3 is 3.06 bits per heavy atom. The molecule has 0 aliphatic rings. The van der Waals surface area contributed by atoms with Gasteiger partial charge in [0.2, 0.25) is 0 Å². The van der Waals surface area contributed by atoms with E-state index in [1.54, 1.807) is 0 Å². The zero-order valence-corrected chi connectivity index (χ0v) is 10.4. The van der Waals surface area contributed by atoms with E-state index in [0.717, 1.165) is 36.2 Å². The van der Waals surface area contributed by atoms with E-state index in [1.807, 2.05) is 19.1 Å². The lowest BCUT2D eigenvalue weighted by atomic mass is 10.2. The lowest BCUT2D eigenvalue weighted by molar-refractivity contribution is 0.601. The van der Waals surface area contributed by atoms with Crippen molar-refractivity contribution < 1.29 is 4.42 Å². The normalized spacial score (nSPS) is 12.9. The van der Waals surface area contributed by atoms with Crippen LogP contribution in [0.2, 0.25) is 0 Å². The van der Waals surface area contributed by atoms with E-state index in [0.29, 0.717) is 0 Å². The van der Waals surface area contributed by atoms with Crippen LogP contribution < -0.4 is 10.6 Å². The van der Waals surface area contributed by atoms with Crippen LogP contribution in [0, 0.1) is 0 Å². The van der Waals surface area contributed by atoms with Crippen LogP contribution in [-0.2, 0) is 0 Å². The Labute approximate surface area is 101 Å². The van der Waals surface area contributed by atoms with Gasteiger partial charge in [0.25, 0.3) is 0 Å². The highest BCUT2D eigenvalue weighted by Crippen LogP contribution is 2.20. The number of hydrogen-bond acceptors (Lipinski definition) is 4. The van der Waals surface area contributed by atoms with Gasteiger partial charge >= 0.3 is 0 Å². The molecule has 1 aromatic carbocycles. The number of anilines is 1. The van der Waals surface area contributed by atoms with Gasteiger partial charge in [0.05, 0.1) is 0 Å². The molecule has 0 radical (unpaired) electrons. The Balaban J connectivity index is 2.00. The van der Waals surface area contributed by atoms with Crippen LogP contribution in [0.25, 0.3) is 11.1 Å². The standard InChI is InChI=1S/C13H19N3O/c1-10(14)4-3-7-16(2)11-5-6-12-13(8-11)17-9-15-12/h5-6,8-10H,3-4,7,14H2,1-2H3. The molecule has 17 heavy (non-hydrogen) atoms. The summed E-state index contributed by atoms with van der Waals surface area (Å²) < 4.78 is 5.29. The van der Waals surface area contributed by atoms with Gasteiger partial charge in [0, 0.05) is 31.4 Å². The second kappa shape index (κ2) is 5.19. The molecule has 2 N–H and O–H groups in total. The summed E-state index contributed by atoms with van der Waals surface area (Å²) in [7, 11) is 2.08. The first-order valence-electron chi connectivity index (χ1n) is 5.97. The maximum atomic E-state index is 5.74. The zero-order valence-electron chi connectivity index (χ0n) is 10.4. The van der Waals surface area contributed by atoms with E-state index in [2.05, 4.69) is 23.0 Å². The molecule has 0 bridgehead atoms. The summed E-state index contributed by atoms with van der Waals surface area (Å²) in [6.07, 6.45) is 3.63. The summed E-state index contributed by atoms with van der Waals surface area (Å²) in [5.41, 5.74) is 8.62. The van der Waals surface area contributed by atoms with Crippen LogP contribution in [-0.4, -0.2) is 24.6 Å². The molecule has 1 heterocycles. The van der Waals surface area contributed by atoms with Crippen molar-refractivity contribution in [1.82, 2.24) is 4.98 Å². The highest BCUT2D eigenvalue weighted by atomic mass is 16.3. The summed E-state index contributed by atoms with van der Waals surface area (Å²) in [5, 5.41) is 0. The first kappa shape index (κ1) is 11.9. The van der Waals surface area contributed by atoms with Gasteiger partial charge in [0.15, 0.2) is 12.0 Å². The fourth-order valence-electron chi connectivity index (χ4n) is 1.86. The number of nitrogens with two attached hydrogens (primary N) is 1. The Morgan fingerprint density at radius 2 is 2.29 bits per heavy atom. The van der Waals surface area contributed by atoms with Gasteiger partial charge in [-0.1, -0.05) is 0 Å². The predicted octanol–water partition coefficient (Wildman–Crippen LogP) is 2.39. The topological polar surface area (TPSA) is 55.3 Å². The van der Waals surface area contributed by atoms with Crippen molar-refractivity contribution in [1.29, 1.82) is 0 Å². The molecule has 0 fully saturated rings. The molecular formula is C13H19N3O. The van der Waals surface area contributed by atoms with Crippen LogP contribution >= 0.6 is 0 Å². The van der Waals surface area contributed by atoms with Crippen molar-refractivity contribution >= 4 is 16.8 Å². The van der Waals surface area contributed by atoms with Crippen LogP contribution in [0.5, 0.6) is 0 Å². The van der Waals surface area contributed by atoms with Crippen molar-refractivity contribution in [2.24, 2.45) is 5.73 Å². The summed E-state index contributed by atoms with van der Waals surface area (Å²) in [6.45, 7) is 3.04. The number of oxazole rings is 1. The number of fused-ring (bicyclic) bond motifs is 1. The van der Waals surface area contributed by atoms with Crippen LogP contribution in [0.3, 0.4) is 0 Å². The van der Waals surface area contributed by atoms with Crippen LogP contribution in [0.4, 0.5) is 5.69 Å². The van der Waals surface area contributed by atoms with Crippen LogP contribution in [0.15, 0.2) is 29.0 Å². The second-order valence-electron chi connectivity index (χ2n) is 4.55. The predicted molar refractivity (Wildman–Crippen MR) is 70.2 cm³/mol. The Bertz CT molecular complexity index is 478. The monoisotopic (exact) mass is 233 g/mol. The first-order chi connectivity index (χ1) is 8.16. The molecule has 0 saturated heterocycles. The molecule has 2 aromatic rings. The van der Waals surface area contributed by atoms with Crippen molar-refractivity contribution in [2.45, 2.75) is 25.8 Å². The molecule has 4 nitrogen and oxygen atoms in total. The molecule has 0 amide bonds. The van der Waals surface area contributed by atoms with E-state index < -0.39 is 0 Å². The number of benzene rings is 1. The lowest BCUT2D eigenvalue weighted by Crippen LogP contribution is -2.21. The average molecular weight is 233 g/mol. The van der Waals surface area contributed by atoms with E-state index in [4.69, 9.17) is 10.2 Å². The van der Waals surface area contributed by atoms with Crippen molar-refractivity contribution in [2.75, 3.05) is 18.5 Å². The number of rotatable bonds is 5. The Kier molecular flexibility index (Phi) is 3.64. The van der Waals surface area contributed by atoms with Gasteiger partial charge in [-0.15, -0.1) is 0 Å². The largest absolute Gasteiger partial charge is 0.443 e. The fraction of sp³-hybridized carbons (Fsp3) is 0.462. The van der Waals surface area contributed by atoms with Gasteiger partial charge in [0.1, 0.15) is 5.52 Å². The first-order valence-corrected chi connectivity index (χ1v) is 5.97. The molecule has 4 heteroatoms. The maximum Gasteiger partial charge on any atom is 0.181 e. The minimum Gasteiger partial charge on any atom is -0.443 e. The van der Waals surface area contributed by atoms with Gasteiger partial charge in [-0.3, -0.25) is 0 Å². The second-order valence-corrected chi connectivity index (χ2v) is 4.55. The number of nitrogens with zero attached hydrogens (tertiary/aromatic N) is 2. The maximum absolute atomic E-state index is 5.74. The molecule has 2 rings (SSSR count). The average Bonchev–Trinajstić information content (AvgIpc) is 2.75. The van der Waals surface area contributed by atoms with Crippen LogP contribution in [0.1, 0.15) is 19.8 Å². The Hall–Kier alpha value is -1.55. The molecular weight excluding hydrogens is 214 g/mol. The van der Waals surface area contributed by atoms with E-state index in [1.165, 1.54) is 6.39 Å². The van der Waals surface area contributed by atoms with Gasteiger partial charge < -0.3 is 15.1 Å². The number of aromatic nitrogens is 1. The minimum atomic E-state index is 0.278. The van der Waals surface area contributed by atoms with Gasteiger partial charge in [-0.05, 0) is 31.9 Å². The van der Waals surface area contributed by atoms with E-state index in [-0.39, 0.29) is 6.04 Å². The minimum absolute atomic E-state index is 0.278. The zero-order chi connectivity index (χ0) is 12.3. The third kappa shape index (κ3) is 2.97.